The number of benzene rings is 3. The highest BCUT2D eigenvalue weighted by molar-refractivity contribution is 5.98. The molecule has 0 aromatic heterocycles. The maximum Gasteiger partial charge on any atom is 0.247 e. The number of rotatable bonds is 12. The van der Waals surface area contributed by atoms with Crippen molar-refractivity contribution in [3.63, 3.8) is 0 Å². The van der Waals surface area contributed by atoms with Crippen LogP contribution in [0.4, 0.5) is 0 Å². The van der Waals surface area contributed by atoms with Gasteiger partial charge in [-0.15, -0.1) is 0 Å². The normalized spacial score (nSPS) is 16.0. The van der Waals surface area contributed by atoms with E-state index in [1.54, 1.807) is 24.3 Å². The number of amides is 3. The van der Waals surface area contributed by atoms with Crippen LogP contribution < -0.4 is 15.4 Å². The molecule has 1 aliphatic rings. The first kappa shape index (κ1) is 26.9. The number of nitrogens with one attached hydrogen (secondary N) is 2. The molecular formula is C31H35N3O4. The van der Waals surface area contributed by atoms with Crippen LogP contribution >= 0.6 is 0 Å². The van der Waals surface area contributed by atoms with Crippen LogP contribution in [-0.4, -0.2) is 41.8 Å². The first-order valence-electron chi connectivity index (χ1n) is 13.3. The molecule has 3 aromatic carbocycles. The number of unbranched alkanes of at least 4 members (excludes halogenated alkanes) is 3. The Morgan fingerprint density at radius 1 is 0.921 bits per heavy atom. The lowest BCUT2D eigenvalue weighted by molar-refractivity contribution is -0.150. The minimum atomic E-state index is -0.927. The summed E-state index contributed by atoms with van der Waals surface area (Å²) < 4.78 is 5.90. The van der Waals surface area contributed by atoms with Crippen LogP contribution in [0.25, 0.3) is 0 Å². The Morgan fingerprint density at radius 2 is 1.58 bits per heavy atom. The fourth-order valence-corrected chi connectivity index (χ4v) is 4.62. The summed E-state index contributed by atoms with van der Waals surface area (Å²) in [4.78, 5) is 41.2. The van der Waals surface area contributed by atoms with E-state index in [0.717, 1.165) is 31.2 Å². The highest BCUT2D eigenvalue weighted by atomic mass is 16.5. The molecule has 7 nitrogen and oxygen atoms in total. The summed E-state index contributed by atoms with van der Waals surface area (Å²) in [7, 11) is 0. The molecule has 1 aliphatic heterocycles. The summed E-state index contributed by atoms with van der Waals surface area (Å²) >= 11 is 0. The van der Waals surface area contributed by atoms with Crippen molar-refractivity contribution in [3.05, 3.63) is 96.1 Å². The van der Waals surface area contributed by atoms with Crippen molar-refractivity contribution in [1.82, 2.24) is 15.5 Å². The van der Waals surface area contributed by atoms with Crippen LogP contribution in [0.5, 0.6) is 11.5 Å². The molecule has 3 amide bonds. The molecule has 3 aromatic rings. The van der Waals surface area contributed by atoms with Crippen molar-refractivity contribution in [2.45, 2.75) is 51.1 Å². The lowest BCUT2D eigenvalue weighted by Gasteiger charge is -2.37. The third-order valence-electron chi connectivity index (χ3n) is 6.58. The third-order valence-corrected chi connectivity index (χ3v) is 6.58. The zero-order chi connectivity index (χ0) is 26.7. The average Bonchev–Trinajstić information content (AvgIpc) is 2.93. The van der Waals surface area contributed by atoms with Gasteiger partial charge in [0.15, 0.2) is 0 Å². The van der Waals surface area contributed by atoms with Gasteiger partial charge in [0.2, 0.25) is 17.7 Å². The van der Waals surface area contributed by atoms with Gasteiger partial charge in [-0.25, -0.2) is 0 Å². The van der Waals surface area contributed by atoms with Crippen molar-refractivity contribution < 1.29 is 19.1 Å². The smallest absolute Gasteiger partial charge is 0.247 e. The van der Waals surface area contributed by atoms with E-state index in [2.05, 4.69) is 17.6 Å². The van der Waals surface area contributed by atoms with Crippen molar-refractivity contribution in [2.24, 2.45) is 0 Å². The van der Waals surface area contributed by atoms with Crippen LogP contribution in [0.3, 0.4) is 0 Å². The van der Waals surface area contributed by atoms with Crippen LogP contribution in [0, 0.1) is 0 Å². The zero-order valence-electron chi connectivity index (χ0n) is 21.8. The molecule has 1 fully saturated rings. The van der Waals surface area contributed by atoms with E-state index >= 15 is 0 Å². The Balaban J connectivity index is 1.56. The minimum absolute atomic E-state index is 0.180. The van der Waals surface area contributed by atoms with Crippen LogP contribution in [0.1, 0.15) is 49.8 Å². The van der Waals surface area contributed by atoms with Gasteiger partial charge in [-0.1, -0.05) is 86.8 Å². The van der Waals surface area contributed by atoms with E-state index in [-0.39, 0.29) is 24.3 Å². The molecule has 4 rings (SSSR count). The molecule has 2 atom stereocenters. The average molecular weight is 514 g/mol. The van der Waals surface area contributed by atoms with E-state index in [1.165, 1.54) is 4.90 Å². The topological polar surface area (TPSA) is 87.7 Å². The minimum Gasteiger partial charge on any atom is -0.457 e. The molecule has 1 saturated heterocycles. The van der Waals surface area contributed by atoms with Crippen molar-refractivity contribution >= 4 is 17.7 Å². The molecule has 0 bridgehead atoms. The number of hydrogen-bond acceptors (Lipinski definition) is 4. The molecule has 2 N–H and O–H groups in total. The monoisotopic (exact) mass is 513 g/mol. The quantitative estimate of drug-likeness (QED) is 0.341. The largest absolute Gasteiger partial charge is 0.457 e. The SMILES string of the molecule is CCCCCCNC(=O)C(c1ccc(Oc2ccccc2)cc1)N1CC(=O)N[C@@H](Cc2ccccc2)C1=O. The highest BCUT2D eigenvalue weighted by Crippen LogP contribution is 2.28. The summed E-state index contributed by atoms with van der Waals surface area (Å²) in [5, 5.41) is 5.81. The molecule has 38 heavy (non-hydrogen) atoms. The Morgan fingerprint density at radius 3 is 2.26 bits per heavy atom. The third kappa shape index (κ3) is 7.22. The van der Waals surface area contributed by atoms with Gasteiger partial charge < -0.3 is 20.3 Å². The number of ether oxygens (including phenoxy) is 1. The predicted octanol–water partition coefficient (Wildman–Crippen LogP) is 4.79. The molecule has 1 unspecified atom stereocenters. The number of hydrogen-bond donors (Lipinski definition) is 2. The fourth-order valence-electron chi connectivity index (χ4n) is 4.62. The van der Waals surface area contributed by atoms with Gasteiger partial charge in [-0.2, -0.15) is 0 Å². The second-order valence-electron chi connectivity index (χ2n) is 9.51. The van der Waals surface area contributed by atoms with Gasteiger partial charge in [0.1, 0.15) is 30.1 Å². The maximum atomic E-state index is 13.6. The summed E-state index contributed by atoms with van der Waals surface area (Å²) in [6.45, 7) is 2.48. The van der Waals surface area contributed by atoms with E-state index < -0.39 is 12.1 Å². The van der Waals surface area contributed by atoms with Crippen LogP contribution in [-0.2, 0) is 20.8 Å². The first-order valence-corrected chi connectivity index (χ1v) is 13.3. The molecule has 198 valence electrons. The molecule has 1 heterocycles. The lowest BCUT2D eigenvalue weighted by atomic mass is 9.98. The number of nitrogens with zero attached hydrogens (tertiary/aromatic N) is 1. The van der Waals surface area contributed by atoms with Crippen LogP contribution in [0.2, 0.25) is 0 Å². The Bertz CT molecular complexity index is 1200. The molecule has 7 heteroatoms. The number of carbonyl (C=O) groups excluding carboxylic acids is 3. The predicted molar refractivity (Wildman–Crippen MR) is 147 cm³/mol. The molecular weight excluding hydrogens is 478 g/mol. The van der Waals surface area contributed by atoms with Gasteiger partial charge in [0.25, 0.3) is 0 Å². The number of para-hydroxylation sites is 1. The van der Waals surface area contributed by atoms with Crippen molar-refractivity contribution in [2.75, 3.05) is 13.1 Å². The second-order valence-corrected chi connectivity index (χ2v) is 9.51. The fraction of sp³-hybridized carbons (Fsp3) is 0.323. The zero-order valence-corrected chi connectivity index (χ0v) is 21.8. The van der Waals surface area contributed by atoms with Gasteiger partial charge >= 0.3 is 0 Å². The van der Waals surface area contributed by atoms with Gasteiger partial charge in [0, 0.05) is 13.0 Å². The number of piperazine rings is 1. The maximum absolute atomic E-state index is 13.6. The Kier molecular flexibility index (Phi) is 9.51. The van der Waals surface area contributed by atoms with E-state index in [1.807, 2.05) is 60.7 Å². The van der Waals surface area contributed by atoms with E-state index in [9.17, 15) is 14.4 Å². The molecule has 0 spiro atoms. The van der Waals surface area contributed by atoms with Crippen molar-refractivity contribution in [1.29, 1.82) is 0 Å². The lowest BCUT2D eigenvalue weighted by Crippen LogP contribution is -2.61. The van der Waals surface area contributed by atoms with Gasteiger partial charge in [-0.3, -0.25) is 14.4 Å². The summed E-state index contributed by atoms with van der Waals surface area (Å²) in [5.41, 5.74) is 1.56. The van der Waals surface area contributed by atoms with E-state index in [4.69, 9.17) is 4.74 Å². The molecule has 0 radical (unpaired) electrons. The summed E-state index contributed by atoms with van der Waals surface area (Å²) in [5.74, 6) is 0.468. The second kappa shape index (κ2) is 13.4. The molecule has 0 saturated carbocycles. The van der Waals surface area contributed by atoms with Crippen LogP contribution in [0.15, 0.2) is 84.9 Å². The van der Waals surface area contributed by atoms with Gasteiger partial charge in [-0.05, 0) is 41.8 Å². The van der Waals surface area contributed by atoms with Crippen molar-refractivity contribution in [3.8, 4) is 11.5 Å². The van der Waals surface area contributed by atoms with Gasteiger partial charge in [0.05, 0.1) is 0 Å². The standard InChI is InChI=1S/C31H35N3O4/c1-2-3-4-11-20-32-30(36)29(24-16-18-26(19-17-24)38-25-14-9-6-10-15-25)34-22-28(35)33-27(31(34)37)21-23-12-7-5-8-13-23/h5-10,12-19,27,29H,2-4,11,20-22H2,1H3,(H,32,36)(H,33,35)/t27-,29?/m0/s1. The highest BCUT2D eigenvalue weighted by Gasteiger charge is 2.40. The van der Waals surface area contributed by atoms with E-state index in [0.29, 0.717) is 30.0 Å². The molecule has 0 aliphatic carbocycles. The Labute approximate surface area is 224 Å². The summed E-state index contributed by atoms with van der Waals surface area (Å²) in [6, 6.07) is 24.4. The number of carbonyl (C=O) groups is 3. The summed E-state index contributed by atoms with van der Waals surface area (Å²) in [6.07, 6.45) is 4.46. The Hall–Kier alpha value is -4.13. The first-order chi connectivity index (χ1) is 18.5.